The zero-order chi connectivity index (χ0) is 10.6. The van der Waals surface area contributed by atoms with Crippen molar-refractivity contribution in [2.45, 2.75) is 18.5 Å². The Hall–Kier alpha value is -0.160. The minimum Gasteiger partial charge on any atom is -0.395 e. The second-order valence-corrected chi connectivity index (χ2v) is 4.33. The molecular weight excluding hydrogens is 178 g/mol. The molecule has 84 valence electrons. The van der Waals surface area contributed by atoms with Gasteiger partial charge in [-0.2, -0.15) is 0 Å². The van der Waals surface area contributed by atoms with E-state index < -0.39 is 0 Å². The number of hydrogen-bond acceptors (Lipinski definition) is 4. The Morgan fingerprint density at radius 2 is 2.29 bits per heavy atom. The van der Waals surface area contributed by atoms with Gasteiger partial charge >= 0.3 is 0 Å². The highest BCUT2D eigenvalue weighted by molar-refractivity contribution is 4.83. The van der Waals surface area contributed by atoms with Gasteiger partial charge in [0.15, 0.2) is 0 Å². The van der Waals surface area contributed by atoms with Crippen LogP contribution in [0.3, 0.4) is 0 Å². The molecule has 0 aromatic heterocycles. The number of nitrogens with one attached hydrogen (secondary N) is 1. The van der Waals surface area contributed by atoms with Crippen molar-refractivity contribution in [3.05, 3.63) is 0 Å². The maximum Gasteiger partial charge on any atom is 0.0597 e. The summed E-state index contributed by atoms with van der Waals surface area (Å²) in [6, 6.07) is 0.905. The molecule has 1 aliphatic rings. The molecule has 0 spiro atoms. The minimum absolute atomic E-state index is 0.218. The van der Waals surface area contributed by atoms with Crippen molar-refractivity contribution >= 4 is 0 Å². The Labute approximate surface area is 86.9 Å². The third-order valence-electron chi connectivity index (χ3n) is 3.09. The molecule has 0 aromatic rings. The number of aliphatic hydroxyl groups is 1. The molecule has 2 unspecified atom stereocenters. The number of likely N-dealkylation sites (N-methyl/N-ethyl adjacent to an activating group) is 2. The van der Waals surface area contributed by atoms with Crippen LogP contribution in [0.25, 0.3) is 0 Å². The van der Waals surface area contributed by atoms with Crippen LogP contribution in [-0.2, 0) is 0 Å². The predicted octanol–water partition coefficient (Wildman–Crippen LogP) is -0.797. The lowest BCUT2D eigenvalue weighted by Crippen LogP contribution is -2.42. The highest BCUT2D eigenvalue weighted by Gasteiger charge is 2.24. The van der Waals surface area contributed by atoms with E-state index in [9.17, 15) is 0 Å². The van der Waals surface area contributed by atoms with Crippen molar-refractivity contribution in [1.29, 1.82) is 0 Å². The summed E-state index contributed by atoms with van der Waals surface area (Å²) in [6.07, 6.45) is 1.24. The van der Waals surface area contributed by atoms with Gasteiger partial charge < -0.3 is 20.2 Å². The van der Waals surface area contributed by atoms with Crippen LogP contribution in [0.15, 0.2) is 0 Å². The third kappa shape index (κ3) is 3.20. The predicted molar refractivity (Wildman–Crippen MR) is 58.5 cm³/mol. The molecule has 1 heterocycles. The molecule has 1 aliphatic heterocycles. The van der Waals surface area contributed by atoms with Gasteiger partial charge in [0.1, 0.15) is 0 Å². The van der Waals surface area contributed by atoms with Crippen LogP contribution in [0.1, 0.15) is 6.42 Å². The highest BCUT2D eigenvalue weighted by atomic mass is 16.3. The van der Waals surface area contributed by atoms with E-state index in [-0.39, 0.29) is 12.6 Å². The summed E-state index contributed by atoms with van der Waals surface area (Å²) in [4.78, 5) is 4.70. The van der Waals surface area contributed by atoms with Crippen molar-refractivity contribution in [1.82, 2.24) is 15.1 Å². The maximum absolute atomic E-state index is 9.06. The molecule has 2 N–H and O–H groups in total. The lowest BCUT2D eigenvalue weighted by molar-refractivity contribution is 0.196. The SMILES string of the molecule is CNC(CO)CN1CCC(N(C)C)C1. The fourth-order valence-electron chi connectivity index (χ4n) is 1.95. The Morgan fingerprint density at radius 3 is 2.71 bits per heavy atom. The number of aliphatic hydroxyl groups excluding tert-OH is 1. The van der Waals surface area contributed by atoms with Crippen molar-refractivity contribution < 1.29 is 5.11 Å². The molecule has 4 nitrogen and oxygen atoms in total. The molecule has 14 heavy (non-hydrogen) atoms. The molecule has 0 amide bonds. The van der Waals surface area contributed by atoms with E-state index in [1.165, 1.54) is 6.42 Å². The molecule has 0 radical (unpaired) electrons. The number of likely N-dealkylation sites (tertiary alicyclic amines) is 1. The van der Waals surface area contributed by atoms with E-state index in [0.717, 1.165) is 19.6 Å². The zero-order valence-electron chi connectivity index (χ0n) is 9.53. The molecule has 0 bridgehead atoms. The standard InChI is InChI=1S/C10H23N3O/c1-11-9(8-14)6-13-5-4-10(7-13)12(2)3/h9-11,14H,4-8H2,1-3H3. The average Bonchev–Trinajstić information content (AvgIpc) is 2.62. The second kappa shape index (κ2) is 5.66. The molecule has 4 heteroatoms. The summed E-state index contributed by atoms with van der Waals surface area (Å²) >= 11 is 0. The van der Waals surface area contributed by atoms with Gasteiger partial charge in [-0.05, 0) is 34.1 Å². The summed E-state index contributed by atoms with van der Waals surface area (Å²) in [5.74, 6) is 0. The number of rotatable bonds is 5. The van der Waals surface area contributed by atoms with E-state index in [0.29, 0.717) is 6.04 Å². The van der Waals surface area contributed by atoms with Crippen molar-refractivity contribution in [3.8, 4) is 0 Å². The summed E-state index contributed by atoms with van der Waals surface area (Å²) < 4.78 is 0. The largest absolute Gasteiger partial charge is 0.395 e. The molecule has 1 rings (SSSR count). The Morgan fingerprint density at radius 1 is 1.57 bits per heavy atom. The lowest BCUT2D eigenvalue weighted by Gasteiger charge is -2.23. The van der Waals surface area contributed by atoms with E-state index in [4.69, 9.17) is 5.11 Å². The quantitative estimate of drug-likeness (QED) is 0.611. The second-order valence-electron chi connectivity index (χ2n) is 4.33. The van der Waals surface area contributed by atoms with E-state index in [1.54, 1.807) is 0 Å². The Bertz CT molecular complexity index is 159. The minimum atomic E-state index is 0.218. The average molecular weight is 201 g/mol. The molecular formula is C10H23N3O. The first kappa shape index (κ1) is 11.9. The van der Waals surface area contributed by atoms with Gasteiger partial charge in [-0.3, -0.25) is 0 Å². The number of hydrogen-bond donors (Lipinski definition) is 2. The van der Waals surface area contributed by atoms with Crippen LogP contribution in [0.4, 0.5) is 0 Å². The molecule has 1 saturated heterocycles. The van der Waals surface area contributed by atoms with Crippen LogP contribution >= 0.6 is 0 Å². The number of nitrogens with zero attached hydrogens (tertiary/aromatic N) is 2. The maximum atomic E-state index is 9.06. The lowest BCUT2D eigenvalue weighted by atomic mass is 10.2. The van der Waals surface area contributed by atoms with Gasteiger partial charge in [-0.15, -0.1) is 0 Å². The van der Waals surface area contributed by atoms with Crippen molar-refractivity contribution in [2.75, 3.05) is 47.4 Å². The van der Waals surface area contributed by atoms with Crippen LogP contribution in [-0.4, -0.2) is 74.4 Å². The Balaban J connectivity index is 2.28. The molecule has 0 saturated carbocycles. The first-order valence-electron chi connectivity index (χ1n) is 5.34. The third-order valence-corrected chi connectivity index (χ3v) is 3.09. The van der Waals surface area contributed by atoms with E-state index in [1.807, 2.05) is 7.05 Å². The normalized spacial score (nSPS) is 25.9. The molecule has 2 atom stereocenters. The van der Waals surface area contributed by atoms with Crippen LogP contribution in [0.5, 0.6) is 0 Å². The van der Waals surface area contributed by atoms with E-state index in [2.05, 4.69) is 29.2 Å². The first-order chi connectivity index (χ1) is 6.67. The van der Waals surface area contributed by atoms with Crippen molar-refractivity contribution in [2.24, 2.45) is 0 Å². The van der Waals surface area contributed by atoms with Crippen LogP contribution in [0.2, 0.25) is 0 Å². The molecule has 1 fully saturated rings. The monoisotopic (exact) mass is 201 g/mol. The fourth-order valence-corrected chi connectivity index (χ4v) is 1.95. The first-order valence-corrected chi connectivity index (χ1v) is 5.34. The van der Waals surface area contributed by atoms with Crippen LogP contribution < -0.4 is 5.32 Å². The summed E-state index contributed by atoms with van der Waals surface area (Å²) in [5, 5.41) is 12.2. The smallest absolute Gasteiger partial charge is 0.0597 e. The fraction of sp³-hybridized carbons (Fsp3) is 1.00. The molecule has 0 aromatic carbocycles. The van der Waals surface area contributed by atoms with Gasteiger partial charge in [0.25, 0.3) is 0 Å². The Kier molecular flexibility index (Phi) is 4.81. The van der Waals surface area contributed by atoms with Crippen LogP contribution in [0, 0.1) is 0 Å². The van der Waals surface area contributed by atoms with Gasteiger partial charge in [0.2, 0.25) is 0 Å². The molecule has 0 aliphatic carbocycles. The topological polar surface area (TPSA) is 38.7 Å². The summed E-state index contributed by atoms with van der Waals surface area (Å²) in [5.41, 5.74) is 0. The van der Waals surface area contributed by atoms with Gasteiger partial charge in [0.05, 0.1) is 6.61 Å². The summed E-state index contributed by atoms with van der Waals surface area (Å²) in [7, 11) is 6.17. The summed E-state index contributed by atoms with van der Waals surface area (Å²) in [6.45, 7) is 3.46. The van der Waals surface area contributed by atoms with Crippen molar-refractivity contribution in [3.63, 3.8) is 0 Å². The van der Waals surface area contributed by atoms with Gasteiger partial charge in [0, 0.05) is 25.2 Å². The zero-order valence-corrected chi connectivity index (χ0v) is 9.53. The highest BCUT2D eigenvalue weighted by Crippen LogP contribution is 2.12. The van der Waals surface area contributed by atoms with E-state index >= 15 is 0 Å². The van der Waals surface area contributed by atoms with Gasteiger partial charge in [-0.1, -0.05) is 0 Å². The van der Waals surface area contributed by atoms with Gasteiger partial charge in [-0.25, -0.2) is 0 Å².